The average Bonchev–Trinajstić information content (AvgIpc) is 2.52. The number of hydrogen-bond donors (Lipinski definition) is 2. The minimum Gasteiger partial charge on any atom is -0.340 e. The monoisotopic (exact) mass is 344 g/mol. The van der Waals surface area contributed by atoms with E-state index in [1.54, 1.807) is 6.07 Å². The van der Waals surface area contributed by atoms with Gasteiger partial charge in [-0.1, -0.05) is 47.5 Å². The minimum absolute atomic E-state index is 0.442. The van der Waals surface area contributed by atoms with Crippen LogP contribution in [-0.4, -0.2) is 9.97 Å². The summed E-state index contributed by atoms with van der Waals surface area (Å²) in [6.07, 6.45) is 0. The SMILES string of the molecule is Cc1cc(Nc2ccccc2)nc(Nc2cccc(Cl)c2Cl)n1. The second kappa shape index (κ2) is 6.86. The highest BCUT2D eigenvalue weighted by atomic mass is 35.5. The largest absolute Gasteiger partial charge is 0.340 e. The third kappa shape index (κ3) is 3.92. The van der Waals surface area contributed by atoms with Gasteiger partial charge in [-0.3, -0.25) is 0 Å². The lowest BCUT2D eigenvalue weighted by Gasteiger charge is -2.11. The van der Waals surface area contributed by atoms with Gasteiger partial charge in [-0.25, -0.2) is 4.98 Å². The van der Waals surface area contributed by atoms with Gasteiger partial charge in [0.2, 0.25) is 5.95 Å². The molecule has 0 aliphatic rings. The third-order valence-electron chi connectivity index (χ3n) is 3.10. The molecular weight excluding hydrogens is 331 g/mol. The molecule has 0 atom stereocenters. The van der Waals surface area contributed by atoms with Crippen molar-refractivity contribution in [3.8, 4) is 0 Å². The first-order valence-electron chi connectivity index (χ1n) is 7.00. The summed E-state index contributed by atoms with van der Waals surface area (Å²) in [6, 6.07) is 17.1. The summed E-state index contributed by atoms with van der Waals surface area (Å²) in [5, 5.41) is 7.27. The molecule has 116 valence electrons. The fourth-order valence-corrected chi connectivity index (χ4v) is 2.43. The summed E-state index contributed by atoms with van der Waals surface area (Å²) in [6.45, 7) is 1.91. The highest BCUT2D eigenvalue weighted by molar-refractivity contribution is 6.43. The number of nitrogens with zero attached hydrogens (tertiary/aromatic N) is 2. The first kappa shape index (κ1) is 15.6. The molecule has 3 aromatic rings. The summed E-state index contributed by atoms with van der Waals surface area (Å²) in [5.74, 6) is 1.15. The smallest absolute Gasteiger partial charge is 0.229 e. The number of hydrogen-bond acceptors (Lipinski definition) is 4. The van der Waals surface area contributed by atoms with Crippen LogP contribution in [0.5, 0.6) is 0 Å². The Bertz CT molecular complexity index is 822. The van der Waals surface area contributed by atoms with Crippen LogP contribution in [0.25, 0.3) is 0 Å². The number of nitrogens with one attached hydrogen (secondary N) is 2. The zero-order chi connectivity index (χ0) is 16.2. The second-order valence-corrected chi connectivity index (χ2v) is 5.72. The van der Waals surface area contributed by atoms with E-state index in [0.717, 1.165) is 11.4 Å². The van der Waals surface area contributed by atoms with E-state index in [1.165, 1.54) is 0 Å². The van der Waals surface area contributed by atoms with Crippen LogP contribution in [0.4, 0.5) is 23.1 Å². The van der Waals surface area contributed by atoms with E-state index in [2.05, 4.69) is 20.6 Å². The lowest BCUT2D eigenvalue weighted by atomic mass is 10.3. The molecule has 2 N–H and O–H groups in total. The molecule has 1 heterocycles. The normalized spacial score (nSPS) is 10.4. The second-order valence-electron chi connectivity index (χ2n) is 4.94. The van der Waals surface area contributed by atoms with Crippen LogP contribution < -0.4 is 10.6 Å². The molecule has 0 saturated carbocycles. The Labute approximate surface area is 144 Å². The van der Waals surface area contributed by atoms with Gasteiger partial charge in [0.25, 0.3) is 0 Å². The van der Waals surface area contributed by atoms with E-state index >= 15 is 0 Å². The van der Waals surface area contributed by atoms with Gasteiger partial charge in [0.1, 0.15) is 5.82 Å². The number of halogens is 2. The standard InChI is InChI=1S/C17H14Cl2N4/c1-11-10-15(21-12-6-3-2-4-7-12)23-17(20-11)22-14-9-5-8-13(18)16(14)19/h2-10H,1H3,(H2,20,21,22,23). The predicted octanol–water partition coefficient (Wildman–Crippen LogP) is 5.58. The molecule has 4 nitrogen and oxygen atoms in total. The number of aryl methyl sites for hydroxylation is 1. The van der Waals surface area contributed by atoms with Crippen molar-refractivity contribution in [2.75, 3.05) is 10.6 Å². The van der Waals surface area contributed by atoms with Gasteiger partial charge in [0, 0.05) is 17.4 Å². The number of anilines is 4. The third-order valence-corrected chi connectivity index (χ3v) is 3.92. The topological polar surface area (TPSA) is 49.8 Å². The van der Waals surface area contributed by atoms with Crippen molar-refractivity contribution < 1.29 is 0 Å². The zero-order valence-electron chi connectivity index (χ0n) is 12.3. The first-order valence-corrected chi connectivity index (χ1v) is 7.76. The van der Waals surface area contributed by atoms with Crippen LogP contribution in [0.15, 0.2) is 54.6 Å². The molecular formula is C17H14Cl2N4. The summed E-state index contributed by atoms with van der Waals surface area (Å²) in [5.41, 5.74) is 2.45. The fraction of sp³-hybridized carbons (Fsp3) is 0.0588. The fourth-order valence-electron chi connectivity index (χ4n) is 2.08. The first-order chi connectivity index (χ1) is 11.1. The Morgan fingerprint density at radius 2 is 1.65 bits per heavy atom. The Morgan fingerprint density at radius 3 is 2.43 bits per heavy atom. The molecule has 0 saturated heterocycles. The van der Waals surface area contributed by atoms with E-state index in [4.69, 9.17) is 23.2 Å². The van der Waals surface area contributed by atoms with Crippen LogP contribution >= 0.6 is 23.2 Å². The summed E-state index contributed by atoms with van der Waals surface area (Å²) >= 11 is 12.2. The molecule has 0 fully saturated rings. The predicted molar refractivity (Wildman–Crippen MR) is 96.2 cm³/mol. The molecule has 0 aliphatic carbocycles. The number of benzene rings is 2. The maximum atomic E-state index is 6.19. The molecule has 0 spiro atoms. The van der Waals surface area contributed by atoms with Crippen molar-refractivity contribution in [1.82, 2.24) is 9.97 Å². The molecule has 0 aliphatic heterocycles. The lowest BCUT2D eigenvalue weighted by Crippen LogP contribution is -2.02. The van der Waals surface area contributed by atoms with Crippen molar-refractivity contribution in [1.29, 1.82) is 0 Å². The number of aromatic nitrogens is 2. The van der Waals surface area contributed by atoms with Crippen molar-refractivity contribution in [2.45, 2.75) is 6.92 Å². The Kier molecular flexibility index (Phi) is 4.65. The van der Waals surface area contributed by atoms with E-state index in [-0.39, 0.29) is 0 Å². The maximum Gasteiger partial charge on any atom is 0.229 e. The van der Waals surface area contributed by atoms with E-state index < -0.39 is 0 Å². The average molecular weight is 345 g/mol. The molecule has 6 heteroatoms. The minimum atomic E-state index is 0.442. The van der Waals surface area contributed by atoms with Crippen molar-refractivity contribution in [3.63, 3.8) is 0 Å². The van der Waals surface area contributed by atoms with Gasteiger partial charge in [0.05, 0.1) is 15.7 Å². The highest BCUT2D eigenvalue weighted by Crippen LogP contribution is 2.31. The summed E-state index contributed by atoms with van der Waals surface area (Å²) in [4.78, 5) is 8.84. The molecule has 0 radical (unpaired) electrons. The molecule has 23 heavy (non-hydrogen) atoms. The van der Waals surface area contributed by atoms with Crippen LogP contribution in [-0.2, 0) is 0 Å². The molecule has 3 rings (SSSR count). The van der Waals surface area contributed by atoms with Gasteiger partial charge in [-0.05, 0) is 31.2 Å². The Morgan fingerprint density at radius 1 is 0.870 bits per heavy atom. The van der Waals surface area contributed by atoms with Crippen LogP contribution in [0.1, 0.15) is 5.69 Å². The van der Waals surface area contributed by atoms with Gasteiger partial charge in [-0.15, -0.1) is 0 Å². The van der Waals surface area contributed by atoms with Gasteiger partial charge in [-0.2, -0.15) is 4.98 Å². The molecule has 0 amide bonds. The Hall–Kier alpha value is -2.30. The quantitative estimate of drug-likeness (QED) is 0.648. The summed E-state index contributed by atoms with van der Waals surface area (Å²) in [7, 11) is 0. The molecule has 1 aromatic heterocycles. The summed E-state index contributed by atoms with van der Waals surface area (Å²) < 4.78 is 0. The van der Waals surface area contributed by atoms with Gasteiger partial charge >= 0.3 is 0 Å². The van der Waals surface area contributed by atoms with Crippen molar-refractivity contribution in [2.24, 2.45) is 0 Å². The molecule has 2 aromatic carbocycles. The molecule has 0 bridgehead atoms. The zero-order valence-corrected chi connectivity index (χ0v) is 13.9. The van der Waals surface area contributed by atoms with Crippen LogP contribution in [0, 0.1) is 6.92 Å². The van der Waals surface area contributed by atoms with E-state index in [9.17, 15) is 0 Å². The van der Waals surface area contributed by atoms with Gasteiger partial charge in [0.15, 0.2) is 0 Å². The van der Waals surface area contributed by atoms with E-state index in [0.29, 0.717) is 27.5 Å². The van der Waals surface area contributed by atoms with Crippen molar-refractivity contribution in [3.05, 3.63) is 70.3 Å². The Balaban J connectivity index is 1.87. The highest BCUT2D eigenvalue weighted by Gasteiger charge is 2.08. The van der Waals surface area contributed by atoms with Crippen molar-refractivity contribution >= 4 is 46.3 Å². The number of rotatable bonds is 4. The molecule has 0 unspecified atom stereocenters. The van der Waals surface area contributed by atoms with Crippen LogP contribution in [0.2, 0.25) is 10.0 Å². The van der Waals surface area contributed by atoms with Gasteiger partial charge < -0.3 is 10.6 Å². The number of para-hydroxylation sites is 1. The van der Waals surface area contributed by atoms with Crippen LogP contribution in [0.3, 0.4) is 0 Å². The van der Waals surface area contributed by atoms with E-state index in [1.807, 2.05) is 55.5 Å². The lowest BCUT2D eigenvalue weighted by molar-refractivity contribution is 1.11. The maximum absolute atomic E-state index is 6.19.